The molecule has 27 heavy (non-hydrogen) atoms. The summed E-state index contributed by atoms with van der Waals surface area (Å²) >= 11 is 0. The minimum absolute atomic E-state index is 0.0335. The summed E-state index contributed by atoms with van der Waals surface area (Å²) in [6, 6.07) is 2.00. The van der Waals surface area contributed by atoms with Gasteiger partial charge in [-0.05, 0) is 51.9 Å². The molecule has 2 saturated heterocycles. The number of nitrogens with zero attached hydrogens (tertiary/aromatic N) is 3. The zero-order valence-electron chi connectivity index (χ0n) is 16.4. The van der Waals surface area contributed by atoms with Gasteiger partial charge in [-0.25, -0.2) is 0 Å². The Morgan fingerprint density at radius 2 is 1.59 bits per heavy atom. The highest BCUT2D eigenvalue weighted by atomic mass is 16.5. The second kappa shape index (κ2) is 8.03. The quantitative estimate of drug-likeness (QED) is 0.814. The van der Waals surface area contributed by atoms with E-state index in [1.165, 1.54) is 12.8 Å². The number of amides is 2. The van der Waals surface area contributed by atoms with Crippen molar-refractivity contribution >= 4 is 11.8 Å². The Labute approximate surface area is 161 Å². The number of likely N-dealkylation sites (tertiary alicyclic amines) is 2. The molecule has 0 unspecified atom stereocenters. The molecular weight excluding hydrogens is 342 g/mol. The Hall–Kier alpha value is -1.85. The fourth-order valence-electron chi connectivity index (χ4n) is 5.06. The van der Waals surface area contributed by atoms with E-state index >= 15 is 0 Å². The van der Waals surface area contributed by atoms with Gasteiger partial charge in [-0.3, -0.25) is 9.59 Å². The summed E-state index contributed by atoms with van der Waals surface area (Å²) in [7, 11) is 0. The van der Waals surface area contributed by atoms with Crippen molar-refractivity contribution in [3.05, 3.63) is 17.5 Å². The molecule has 4 rings (SSSR count). The lowest BCUT2D eigenvalue weighted by molar-refractivity contribution is -0.145. The van der Waals surface area contributed by atoms with E-state index in [1.807, 2.05) is 22.8 Å². The Morgan fingerprint density at radius 3 is 2.26 bits per heavy atom. The molecule has 1 saturated carbocycles. The molecule has 1 atom stereocenters. The summed E-state index contributed by atoms with van der Waals surface area (Å²) in [5, 5.41) is 4.17. The highest BCUT2D eigenvalue weighted by molar-refractivity contribution is 5.81. The largest absolute Gasteiger partial charge is 0.361 e. The van der Waals surface area contributed by atoms with Gasteiger partial charge in [0.05, 0.1) is 6.04 Å². The number of carbonyl (C=O) groups is 2. The van der Waals surface area contributed by atoms with Crippen LogP contribution in [0.15, 0.2) is 10.6 Å². The third kappa shape index (κ3) is 3.90. The van der Waals surface area contributed by atoms with Crippen LogP contribution in [0.25, 0.3) is 0 Å². The molecule has 1 aromatic rings. The van der Waals surface area contributed by atoms with Crippen LogP contribution in [0.3, 0.4) is 0 Å². The van der Waals surface area contributed by atoms with Crippen molar-refractivity contribution in [3.8, 4) is 0 Å². The number of aryl methyl sites for hydroxylation is 1. The van der Waals surface area contributed by atoms with Crippen LogP contribution in [0, 0.1) is 18.8 Å². The fraction of sp³-hybridized carbons (Fsp3) is 0.762. The zero-order valence-corrected chi connectivity index (χ0v) is 16.4. The van der Waals surface area contributed by atoms with Gasteiger partial charge in [0.25, 0.3) is 0 Å². The lowest BCUT2D eigenvalue weighted by Gasteiger charge is -2.39. The van der Waals surface area contributed by atoms with E-state index in [4.69, 9.17) is 4.52 Å². The van der Waals surface area contributed by atoms with Crippen LogP contribution in [0.1, 0.15) is 75.3 Å². The third-order valence-electron chi connectivity index (χ3n) is 6.63. The summed E-state index contributed by atoms with van der Waals surface area (Å²) in [4.78, 5) is 29.9. The standard InChI is InChI=1S/C21H31N3O3/c1-15-14-18(22-27-15)19-8-4-5-11-24(19)21(26)17-9-12-23(13-10-17)20(25)16-6-2-3-7-16/h14,16-17,19H,2-13H2,1H3/t19-/m1/s1. The lowest BCUT2D eigenvalue weighted by Crippen LogP contribution is -2.47. The normalized spacial score (nSPS) is 25.1. The number of aromatic nitrogens is 1. The first kappa shape index (κ1) is 18.5. The van der Waals surface area contributed by atoms with Gasteiger partial charge in [0.2, 0.25) is 11.8 Å². The smallest absolute Gasteiger partial charge is 0.226 e. The van der Waals surface area contributed by atoms with Gasteiger partial charge in [0.15, 0.2) is 0 Å². The minimum Gasteiger partial charge on any atom is -0.361 e. The van der Waals surface area contributed by atoms with Crippen LogP contribution in [0.5, 0.6) is 0 Å². The molecule has 3 heterocycles. The van der Waals surface area contributed by atoms with Gasteiger partial charge >= 0.3 is 0 Å². The number of carbonyl (C=O) groups excluding carboxylic acids is 2. The van der Waals surface area contributed by atoms with Crippen LogP contribution in [-0.2, 0) is 9.59 Å². The first-order valence-corrected chi connectivity index (χ1v) is 10.7. The lowest BCUT2D eigenvalue weighted by atomic mass is 9.91. The van der Waals surface area contributed by atoms with E-state index in [9.17, 15) is 9.59 Å². The van der Waals surface area contributed by atoms with Crippen LogP contribution >= 0.6 is 0 Å². The van der Waals surface area contributed by atoms with Crippen LogP contribution < -0.4 is 0 Å². The second-order valence-electron chi connectivity index (χ2n) is 8.49. The predicted molar refractivity (Wildman–Crippen MR) is 101 cm³/mol. The van der Waals surface area contributed by atoms with Crippen molar-refractivity contribution in [3.63, 3.8) is 0 Å². The molecule has 6 nitrogen and oxygen atoms in total. The van der Waals surface area contributed by atoms with Crippen LogP contribution in [0.2, 0.25) is 0 Å². The average Bonchev–Trinajstić information content (AvgIpc) is 3.39. The predicted octanol–water partition coefficient (Wildman–Crippen LogP) is 3.47. The highest BCUT2D eigenvalue weighted by Crippen LogP contribution is 2.34. The van der Waals surface area contributed by atoms with Crippen LogP contribution in [-0.4, -0.2) is 46.4 Å². The van der Waals surface area contributed by atoms with Crippen molar-refractivity contribution in [1.82, 2.24) is 15.0 Å². The topological polar surface area (TPSA) is 66.7 Å². The summed E-state index contributed by atoms with van der Waals surface area (Å²) in [6.45, 7) is 4.15. The summed E-state index contributed by atoms with van der Waals surface area (Å²) in [5.41, 5.74) is 0.884. The zero-order chi connectivity index (χ0) is 18.8. The SMILES string of the molecule is Cc1cc([C@H]2CCCCN2C(=O)C2CCN(C(=O)C3CCCC3)CC2)no1. The van der Waals surface area contributed by atoms with Gasteiger partial charge in [-0.2, -0.15) is 0 Å². The first-order valence-electron chi connectivity index (χ1n) is 10.7. The monoisotopic (exact) mass is 373 g/mol. The number of piperidine rings is 2. The van der Waals surface area contributed by atoms with Gasteiger partial charge in [-0.1, -0.05) is 18.0 Å². The van der Waals surface area contributed by atoms with E-state index in [2.05, 4.69) is 5.16 Å². The Morgan fingerprint density at radius 1 is 0.926 bits per heavy atom. The van der Waals surface area contributed by atoms with Gasteiger partial charge in [0, 0.05) is 37.5 Å². The van der Waals surface area contributed by atoms with E-state index in [0.717, 1.165) is 76.0 Å². The van der Waals surface area contributed by atoms with E-state index in [1.54, 1.807) is 0 Å². The average molecular weight is 373 g/mol. The molecule has 0 bridgehead atoms. The highest BCUT2D eigenvalue weighted by Gasteiger charge is 2.37. The van der Waals surface area contributed by atoms with E-state index in [0.29, 0.717) is 5.91 Å². The molecule has 0 aromatic carbocycles. The van der Waals surface area contributed by atoms with Gasteiger partial charge in [0.1, 0.15) is 11.5 Å². The molecule has 0 N–H and O–H groups in total. The summed E-state index contributed by atoms with van der Waals surface area (Å²) in [5.74, 6) is 1.63. The maximum absolute atomic E-state index is 13.2. The van der Waals surface area contributed by atoms with E-state index < -0.39 is 0 Å². The van der Waals surface area contributed by atoms with E-state index in [-0.39, 0.29) is 23.8 Å². The number of hydrogen-bond donors (Lipinski definition) is 0. The van der Waals surface area contributed by atoms with Gasteiger partial charge < -0.3 is 14.3 Å². The van der Waals surface area contributed by atoms with Crippen molar-refractivity contribution in [2.45, 2.75) is 70.8 Å². The summed E-state index contributed by atoms with van der Waals surface area (Å²) < 4.78 is 5.25. The summed E-state index contributed by atoms with van der Waals surface area (Å²) in [6.07, 6.45) is 9.17. The Balaban J connectivity index is 1.37. The molecule has 6 heteroatoms. The first-order chi connectivity index (χ1) is 13.1. The third-order valence-corrected chi connectivity index (χ3v) is 6.63. The van der Waals surface area contributed by atoms with Crippen molar-refractivity contribution in [2.75, 3.05) is 19.6 Å². The molecule has 0 radical (unpaired) electrons. The fourth-order valence-corrected chi connectivity index (χ4v) is 5.06. The minimum atomic E-state index is 0.0335. The van der Waals surface area contributed by atoms with Crippen molar-refractivity contribution in [1.29, 1.82) is 0 Å². The van der Waals surface area contributed by atoms with Crippen LogP contribution in [0.4, 0.5) is 0 Å². The van der Waals surface area contributed by atoms with Crippen molar-refractivity contribution in [2.24, 2.45) is 11.8 Å². The molecule has 2 aliphatic heterocycles. The second-order valence-corrected chi connectivity index (χ2v) is 8.49. The molecular formula is C21H31N3O3. The molecule has 148 valence electrons. The molecule has 0 spiro atoms. The number of rotatable bonds is 3. The molecule has 3 aliphatic rings. The molecule has 3 fully saturated rings. The Kier molecular flexibility index (Phi) is 5.50. The maximum Gasteiger partial charge on any atom is 0.226 e. The van der Waals surface area contributed by atoms with Crippen molar-refractivity contribution < 1.29 is 14.1 Å². The van der Waals surface area contributed by atoms with Gasteiger partial charge in [-0.15, -0.1) is 0 Å². The molecule has 1 aromatic heterocycles. The molecule has 1 aliphatic carbocycles. The number of hydrogen-bond acceptors (Lipinski definition) is 4. The Bertz CT molecular complexity index is 672. The maximum atomic E-state index is 13.2. The molecule has 2 amide bonds.